The molecule has 0 bridgehead atoms. The van der Waals surface area contributed by atoms with Gasteiger partial charge >= 0.3 is 17.9 Å². The predicted molar refractivity (Wildman–Crippen MR) is 404 cm³/mol. The fourth-order valence-corrected chi connectivity index (χ4v) is 17.3. The van der Waals surface area contributed by atoms with Crippen molar-refractivity contribution in [2.75, 3.05) is 26.4 Å². The van der Waals surface area contributed by atoms with E-state index in [9.17, 15) is 99.0 Å². The summed E-state index contributed by atoms with van der Waals surface area (Å²) in [5.74, 6) is -8.61. The molecule has 11 saturated heterocycles. The number of amides is 2. The van der Waals surface area contributed by atoms with E-state index in [1.165, 1.54) is 26.1 Å². The molecule has 0 radical (unpaired) electrons. The number of allylic oxidation sites excluding steroid dienone is 2. The van der Waals surface area contributed by atoms with Gasteiger partial charge in [-0.15, -0.1) is 0 Å². The third kappa shape index (κ3) is 21.3. The summed E-state index contributed by atoms with van der Waals surface area (Å²) in [6.45, 7) is 35.8. The van der Waals surface area contributed by atoms with Gasteiger partial charge in [-0.1, -0.05) is 76.2 Å². The molecule has 11 fully saturated rings. The third-order valence-electron chi connectivity index (χ3n) is 25.1. The average Bonchev–Trinajstić information content (AvgIpc) is 1.62. The summed E-state index contributed by atoms with van der Waals surface area (Å²) in [7, 11) is 0. The minimum atomic E-state index is -3.27. The number of nitrogens with zero attached hydrogens (tertiary/aromatic N) is 2. The number of hydrogen-bond acceptors (Lipinski definition) is 32. The Morgan fingerprint density at radius 3 is 1.09 bits per heavy atom. The van der Waals surface area contributed by atoms with Gasteiger partial charge in [0.2, 0.25) is 18.1 Å². The minimum absolute atomic E-state index is 0.00915. The van der Waals surface area contributed by atoms with Crippen molar-refractivity contribution in [1.82, 2.24) is 9.80 Å². The van der Waals surface area contributed by atoms with Crippen molar-refractivity contribution in [2.45, 2.75) is 378 Å². The van der Waals surface area contributed by atoms with E-state index < -0.39 is 217 Å². The fourth-order valence-electron chi connectivity index (χ4n) is 17.3. The molecule has 123 heavy (non-hydrogen) atoms. The number of aliphatic hydroxyl groups excluding tert-OH is 6. The summed E-state index contributed by atoms with van der Waals surface area (Å²) >= 11 is 0. The normalized spacial score (nSPS) is 40.8. The highest BCUT2D eigenvalue weighted by molar-refractivity contribution is 6.07. The van der Waals surface area contributed by atoms with Crippen LogP contribution in [0.25, 0.3) is 0 Å². The number of alkyl halides is 8. The van der Waals surface area contributed by atoms with E-state index in [0.29, 0.717) is 6.42 Å². The molecule has 42 heteroatoms. The van der Waals surface area contributed by atoms with Gasteiger partial charge < -0.3 is 121 Å². The van der Waals surface area contributed by atoms with Crippen LogP contribution in [0.5, 0.6) is 0 Å². The SMILES string of the molecule is CC[C@@]1(C(F)F)OC(OC(C)=O)[C@H](OC(C)=O)[C@@H]1C.CC[C@@]1(C(F)F)O[C@@H](N2C=CC(=O)CC2=O)[C@H](OC(C)=O)[C@@H]1C.CC[C@@]1(C(F)F)O[C@@H]2OC(C)(C)O[C@@H]2[C@@H]1C.CC[C@@]1(C=O)O[C@@H]2OC(C)(C)O[C@@H]2[C@@H]1C.CC[C@@]1(CO)O[C@@H]2OC(C)(C)O[C@@H]2[C@@H]1C.C[C@H]1[C@H]2OC(C)(C)O[C@H]2OC1(CO)CO.O=C1C=CN([C@@H]2O[C@@](CO)(C(F)F)[C@@H](O)[C@H]2O)C(=O)C1. The second kappa shape index (κ2) is 40.2. The van der Waals surface area contributed by atoms with E-state index in [4.69, 9.17) is 90.4 Å². The van der Waals surface area contributed by atoms with Crippen LogP contribution in [-0.4, -0.2) is 295 Å². The second-order valence-electron chi connectivity index (χ2n) is 34.4. The molecule has 27 atom stereocenters. The molecule has 0 aromatic carbocycles. The van der Waals surface area contributed by atoms with Gasteiger partial charge in [-0.25, -0.2) is 35.1 Å². The number of aldehydes is 1. The van der Waals surface area contributed by atoms with Crippen molar-refractivity contribution < 1.29 is 189 Å². The monoisotopic (exact) mass is 1790 g/mol. The molecule has 13 aliphatic rings. The third-order valence-corrected chi connectivity index (χ3v) is 25.1. The first-order chi connectivity index (χ1) is 56.9. The van der Waals surface area contributed by atoms with Crippen LogP contribution in [0.15, 0.2) is 24.6 Å². The summed E-state index contributed by atoms with van der Waals surface area (Å²) in [6.07, 6.45) is -18.0. The van der Waals surface area contributed by atoms with Gasteiger partial charge in [0.05, 0.1) is 44.9 Å². The zero-order valence-corrected chi connectivity index (χ0v) is 73.3. The van der Waals surface area contributed by atoms with Crippen LogP contribution in [0.2, 0.25) is 0 Å². The molecule has 0 saturated carbocycles. The van der Waals surface area contributed by atoms with Gasteiger partial charge in [-0.05, 0) is 99.6 Å². The molecule has 13 heterocycles. The highest BCUT2D eigenvalue weighted by Gasteiger charge is 2.68. The van der Waals surface area contributed by atoms with Crippen LogP contribution in [0.3, 0.4) is 0 Å². The van der Waals surface area contributed by atoms with Crippen molar-refractivity contribution in [3.05, 3.63) is 24.6 Å². The number of rotatable bonds is 19. The van der Waals surface area contributed by atoms with Crippen LogP contribution in [0.1, 0.15) is 197 Å². The topological polar surface area (TPSA) is 431 Å². The maximum atomic E-state index is 13.6. The number of halogens is 8. The Morgan fingerprint density at radius 1 is 0.415 bits per heavy atom. The Kier molecular flexibility index (Phi) is 34.2. The van der Waals surface area contributed by atoms with E-state index in [0.717, 1.165) is 55.6 Å². The first-order valence-electron chi connectivity index (χ1n) is 41.1. The molecule has 0 aromatic heterocycles. The Morgan fingerprint density at radius 2 is 0.756 bits per heavy atom. The molecule has 1 unspecified atom stereocenters. The zero-order chi connectivity index (χ0) is 93.2. The van der Waals surface area contributed by atoms with Crippen molar-refractivity contribution in [3.63, 3.8) is 0 Å². The van der Waals surface area contributed by atoms with E-state index in [1.807, 2.05) is 69.2 Å². The van der Waals surface area contributed by atoms with Crippen molar-refractivity contribution in [2.24, 2.45) is 35.5 Å². The van der Waals surface area contributed by atoms with Crippen molar-refractivity contribution in [1.29, 1.82) is 0 Å². The smallest absolute Gasteiger partial charge is 0.305 e. The Bertz CT molecular complexity index is 3660. The van der Waals surface area contributed by atoms with Gasteiger partial charge in [0.15, 0.2) is 96.4 Å². The molecule has 34 nitrogen and oxygen atoms in total. The number of ketones is 2. The fraction of sp³-hybridized carbons (Fsp3) is 0.852. The second-order valence-corrected chi connectivity index (χ2v) is 34.4. The van der Waals surface area contributed by atoms with Gasteiger partial charge in [0, 0.05) is 68.7 Å². The number of esters is 3. The number of carbonyl (C=O) groups excluding carboxylic acids is 8. The number of ether oxygens (including phenoxy) is 18. The lowest BCUT2D eigenvalue weighted by Crippen LogP contribution is -2.52. The summed E-state index contributed by atoms with van der Waals surface area (Å²) in [5.41, 5.74) is -9.85. The summed E-state index contributed by atoms with van der Waals surface area (Å²) in [4.78, 5) is 92.3. The van der Waals surface area contributed by atoms with E-state index in [2.05, 4.69) is 6.92 Å². The number of carbonyl (C=O) groups is 8. The molecule has 13 rings (SSSR count). The van der Waals surface area contributed by atoms with Crippen LogP contribution >= 0.6 is 0 Å². The van der Waals surface area contributed by atoms with Gasteiger partial charge in [0.25, 0.3) is 25.7 Å². The summed E-state index contributed by atoms with van der Waals surface area (Å²) in [5, 5.41) is 56.5. The molecule has 0 spiro atoms. The zero-order valence-electron chi connectivity index (χ0n) is 73.3. The highest BCUT2D eigenvalue weighted by Crippen LogP contribution is 2.54. The maximum Gasteiger partial charge on any atom is 0.305 e. The largest absolute Gasteiger partial charge is 0.457 e. The molecule has 0 aromatic rings. The summed E-state index contributed by atoms with van der Waals surface area (Å²) in [6, 6.07) is 0. The molecule has 13 aliphatic heterocycles. The van der Waals surface area contributed by atoms with Crippen LogP contribution < -0.4 is 0 Å². The number of hydrogen-bond donors (Lipinski definition) is 6. The Labute approximate surface area is 708 Å². The highest BCUT2D eigenvalue weighted by atomic mass is 19.3. The molecule has 0 aliphatic carbocycles. The first kappa shape index (κ1) is 104. The van der Waals surface area contributed by atoms with Gasteiger partial charge in [-0.2, -0.15) is 0 Å². The summed E-state index contributed by atoms with van der Waals surface area (Å²) < 4.78 is 204. The predicted octanol–water partition coefficient (Wildman–Crippen LogP) is 7.05. The van der Waals surface area contributed by atoms with Gasteiger partial charge in [0.1, 0.15) is 64.6 Å². The number of aliphatic hydroxyl groups is 6. The molecular weight excluding hydrogens is 1660 g/mol. The van der Waals surface area contributed by atoms with Crippen LogP contribution in [-0.2, 0) is 124 Å². The van der Waals surface area contributed by atoms with Crippen molar-refractivity contribution >= 4 is 47.6 Å². The van der Waals surface area contributed by atoms with Crippen LogP contribution in [0.4, 0.5) is 35.1 Å². The average molecular weight is 1790 g/mol. The number of fused-ring (bicyclic) bond motifs is 4. The van der Waals surface area contributed by atoms with E-state index in [1.54, 1.807) is 41.5 Å². The molecular formula is C81H124F8N2O32. The maximum absolute atomic E-state index is 13.6. The minimum Gasteiger partial charge on any atom is -0.457 e. The Hall–Kier alpha value is -5.56. The molecule has 6 N–H and O–H groups in total. The van der Waals surface area contributed by atoms with E-state index in [-0.39, 0.29) is 99.6 Å². The van der Waals surface area contributed by atoms with Crippen LogP contribution in [0, 0.1) is 35.5 Å². The quantitative estimate of drug-likeness (QED) is 0.0248. The van der Waals surface area contributed by atoms with E-state index >= 15 is 0 Å². The lowest BCUT2D eigenvalue weighted by atomic mass is 9.85. The Balaban J connectivity index is 0.000000198. The molecule has 706 valence electrons. The standard InChI is InChI=1S/C15H19F2NO5.C12H18F2O5.C11H13F2NO6.C11H18F2O3.C11H20O4.C11H18O4.C10H18O5/c1-4-15(14(16)17)8(2)12(22-9(3)19)13(23-15)18-6-5-10(20)7-11(18)21;1-5-12(11(13)14)6(2)9(17-7(3)15)10(19-12)18-8(4)16;12-10(13)11(4-15)8(19)7(18)9(20-11)14-2-1-5(16)3-6(14)17;1-5-11(9(12)13)6(2)7-8(16-11)15-10(3,4)14-7;2*1-5-11(6-12)7(2)8-9(15-11)14-10(3,4)13-8;1-6-7-8(14-9(2,3)13-7)15-10(6,4-11)5-12/h5-6,8,12-14H,4,7H2,1-3H3;6,9-11H,5H2,1-4H3;1-2,7-10,15,18-19H,3-4H2;6-9H,5H2,1-4H3;7-9,12H,5-6H2,1-4H3;6-9H,5H2,1-4H3;6-8,11-12H,4-5H2,1-3H3/t8-,12+,13+,15+;6-,9+,10?,12+;7-,8+,9-,11-;6-,7+,8-,11+;2*7-,8+,9-,11-;6-,7+,8-/m0010000/s1. The lowest BCUT2D eigenvalue weighted by molar-refractivity contribution is -0.256. The van der Waals surface area contributed by atoms with Crippen molar-refractivity contribution in [3.8, 4) is 0 Å². The molecule has 2 amide bonds. The first-order valence-corrected chi connectivity index (χ1v) is 41.1. The lowest BCUT2D eigenvalue weighted by Gasteiger charge is -2.33. The van der Waals surface area contributed by atoms with Gasteiger partial charge in [-0.3, -0.25) is 43.4 Å².